The quantitative estimate of drug-likeness (QED) is 0.724. The summed E-state index contributed by atoms with van der Waals surface area (Å²) < 4.78 is 7.19. The molecule has 1 aromatic rings. The third-order valence-corrected chi connectivity index (χ3v) is 3.57. The number of nitrogens with two attached hydrogens (primary N) is 1. The molecule has 0 radical (unpaired) electrons. The van der Waals surface area contributed by atoms with Gasteiger partial charge in [0, 0.05) is 18.9 Å². The Balaban J connectivity index is 1.83. The first-order valence-electron chi connectivity index (χ1n) is 7.77. The molecule has 0 saturated carbocycles. The lowest BCUT2D eigenvalue weighted by Gasteiger charge is -2.24. The first kappa shape index (κ1) is 16.9. The summed E-state index contributed by atoms with van der Waals surface area (Å²) in [4.78, 5) is 12.1. The molecule has 124 valence electrons. The van der Waals surface area contributed by atoms with Gasteiger partial charge in [0.25, 0.3) is 0 Å². The van der Waals surface area contributed by atoms with Crippen LogP contribution >= 0.6 is 0 Å². The van der Waals surface area contributed by atoms with Crippen molar-refractivity contribution < 1.29 is 14.6 Å². The molecule has 7 nitrogen and oxygen atoms in total. The fraction of sp³-hybridized carbons (Fsp3) is 0.733. The molecule has 0 spiro atoms. The monoisotopic (exact) mass is 310 g/mol. The van der Waals surface area contributed by atoms with Gasteiger partial charge in [0.05, 0.1) is 24.3 Å². The number of amides is 1. The summed E-state index contributed by atoms with van der Waals surface area (Å²) in [6, 6.07) is 1.08. The fourth-order valence-corrected chi connectivity index (χ4v) is 2.52. The molecule has 1 amide bonds. The van der Waals surface area contributed by atoms with Crippen LogP contribution in [0.2, 0.25) is 0 Å². The molecule has 1 saturated heterocycles. The van der Waals surface area contributed by atoms with Crippen LogP contribution in [-0.2, 0) is 16.1 Å². The van der Waals surface area contributed by atoms with E-state index in [1.807, 2.05) is 0 Å². The van der Waals surface area contributed by atoms with Gasteiger partial charge in [-0.3, -0.25) is 9.48 Å². The molecule has 1 fully saturated rings. The average Bonchev–Trinajstić information content (AvgIpc) is 2.84. The van der Waals surface area contributed by atoms with E-state index in [-0.39, 0.29) is 12.0 Å². The van der Waals surface area contributed by atoms with Crippen molar-refractivity contribution >= 4 is 11.7 Å². The van der Waals surface area contributed by atoms with Crippen LogP contribution in [0.3, 0.4) is 0 Å². The lowest BCUT2D eigenvalue weighted by molar-refractivity contribution is -0.118. The Morgan fingerprint density at radius 3 is 3.05 bits per heavy atom. The van der Waals surface area contributed by atoms with Gasteiger partial charge >= 0.3 is 0 Å². The highest BCUT2D eigenvalue weighted by Gasteiger charge is 2.22. The topological polar surface area (TPSA) is 102 Å². The minimum absolute atomic E-state index is 0.0715. The number of carbonyl (C=O) groups is 1. The zero-order valence-electron chi connectivity index (χ0n) is 13.3. The summed E-state index contributed by atoms with van der Waals surface area (Å²) in [7, 11) is 0. The van der Waals surface area contributed by atoms with Gasteiger partial charge in [-0.2, -0.15) is 5.10 Å². The number of aromatic nitrogens is 2. The highest BCUT2D eigenvalue weighted by Crippen LogP contribution is 2.17. The Bertz CT molecular complexity index is 489. The van der Waals surface area contributed by atoms with Crippen molar-refractivity contribution in [2.45, 2.75) is 63.8 Å². The third-order valence-electron chi connectivity index (χ3n) is 3.57. The van der Waals surface area contributed by atoms with E-state index in [1.165, 1.54) is 0 Å². The summed E-state index contributed by atoms with van der Waals surface area (Å²) in [5.41, 5.74) is 5.08. The van der Waals surface area contributed by atoms with Gasteiger partial charge in [-0.25, -0.2) is 0 Å². The number of hydrogen-bond donors (Lipinski definition) is 3. The molecule has 4 N–H and O–H groups in total. The van der Waals surface area contributed by atoms with E-state index >= 15 is 0 Å². The van der Waals surface area contributed by atoms with Crippen molar-refractivity contribution in [2.24, 2.45) is 5.73 Å². The molecule has 0 bridgehead atoms. The van der Waals surface area contributed by atoms with Crippen LogP contribution in [0.1, 0.15) is 39.5 Å². The SMILES string of the molecule is CC(C)(O)Cn1ccc(NC(=O)[C@@H](N)CC2CCCCO2)n1. The second-order valence-electron chi connectivity index (χ2n) is 6.53. The molecule has 1 aromatic heterocycles. The Morgan fingerprint density at radius 1 is 1.64 bits per heavy atom. The number of ether oxygens (including phenoxy) is 1. The molecule has 1 aliphatic rings. The van der Waals surface area contributed by atoms with Gasteiger partial charge in [0.1, 0.15) is 0 Å². The lowest BCUT2D eigenvalue weighted by Crippen LogP contribution is -2.39. The fourth-order valence-electron chi connectivity index (χ4n) is 2.52. The van der Waals surface area contributed by atoms with E-state index in [2.05, 4.69) is 10.4 Å². The van der Waals surface area contributed by atoms with Gasteiger partial charge in [-0.05, 0) is 39.5 Å². The summed E-state index contributed by atoms with van der Waals surface area (Å²) >= 11 is 0. The minimum Gasteiger partial charge on any atom is -0.389 e. The van der Waals surface area contributed by atoms with Crippen LogP contribution in [0.15, 0.2) is 12.3 Å². The predicted molar refractivity (Wildman–Crippen MR) is 83.3 cm³/mol. The predicted octanol–water partition coefficient (Wildman–Crippen LogP) is 0.879. The van der Waals surface area contributed by atoms with Gasteiger partial charge in [-0.1, -0.05) is 0 Å². The highest BCUT2D eigenvalue weighted by molar-refractivity contribution is 5.93. The van der Waals surface area contributed by atoms with Gasteiger partial charge in [0.2, 0.25) is 5.91 Å². The van der Waals surface area contributed by atoms with E-state index in [4.69, 9.17) is 10.5 Å². The van der Waals surface area contributed by atoms with Crippen LogP contribution < -0.4 is 11.1 Å². The second-order valence-corrected chi connectivity index (χ2v) is 6.53. The zero-order chi connectivity index (χ0) is 16.2. The van der Waals surface area contributed by atoms with Gasteiger partial charge < -0.3 is 20.9 Å². The van der Waals surface area contributed by atoms with Crippen molar-refractivity contribution in [1.29, 1.82) is 0 Å². The third kappa shape index (κ3) is 5.40. The number of nitrogens with one attached hydrogen (secondary N) is 1. The average molecular weight is 310 g/mol. The first-order valence-corrected chi connectivity index (χ1v) is 7.77. The highest BCUT2D eigenvalue weighted by atomic mass is 16.5. The Labute approximate surface area is 130 Å². The summed E-state index contributed by atoms with van der Waals surface area (Å²) in [6.07, 6.45) is 5.47. The van der Waals surface area contributed by atoms with Gasteiger partial charge in [0.15, 0.2) is 5.82 Å². The maximum absolute atomic E-state index is 12.1. The maximum atomic E-state index is 12.1. The van der Waals surface area contributed by atoms with Crippen LogP contribution in [0.5, 0.6) is 0 Å². The molecule has 1 unspecified atom stereocenters. The van der Waals surface area contributed by atoms with Crippen LogP contribution in [0.4, 0.5) is 5.82 Å². The molecule has 22 heavy (non-hydrogen) atoms. The molecule has 7 heteroatoms. The normalized spacial score (nSPS) is 20.6. The smallest absolute Gasteiger partial charge is 0.242 e. The van der Waals surface area contributed by atoms with E-state index in [0.717, 1.165) is 25.9 Å². The molecular formula is C15H26N4O3. The number of rotatable bonds is 6. The molecule has 2 heterocycles. The van der Waals surface area contributed by atoms with E-state index in [9.17, 15) is 9.90 Å². The van der Waals surface area contributed by atoms with E-state index < -0.39 is 11.6 Å². The van der Waals surface area contributed by atoms with Gasteiger partial charge in [-0.15, -0.1) is 0 Å². The van der Waals surface area contributed by atoms with Crippen molar-refractivity contribution in [3.8, 4) is 0 Å². The largest absolute Gasteiger partial charge is 0.389 e. The Morgan fingerprint density at radius 2 is 2.41 bits per heavy atom. The van der Waals surface area contributed by atoms with Crippen LogP contribution in [0, 0.1) is 0 Å². The number of nitrogens with zero attached hydrogens (tertiary/aromatic N) is 2. The Hall–Kier alpha value is -1.44. The number of anilines is 1. The van der Waals surface area contributed by atoms with E-state index in [0.29, 0.717) is 18.8 Å². The minimum atomic E-state index is -0.859. The Kier molecular flexibility index (Phi) is 5.55. The summed E-state index contributed by atoms with van der Waals surface area (Å²) in [5, 5.41) is 16.7. The molecule has 0 aliphatic carbocycles. The molecule has 1 aliphatic heterocycles. The first-order chi connectivity index (χ1) is 10.3. The number of aliphatic hydroxyl groups is 1. The zero-order valence-corrected chi connectivity index (χ0v) is 13.3. The maximum Gasteiger partial charge on any atom is 0.242 e. The standard InChI is InChI=1S/C15H26N4O3/c1-15(2,21)10-19-7-6-13(18-19)17-14(20)12(16)9-11-5-3-4-8-22-11/h6-7,11-12,21H,3-5,8-10,16H2,1-2H3,(H,17,18,20)/t11?,12-/m0/s1. The molecule has 0 aromatic carbocycles. The summed E-state index contributed by atoms with van der Waals surface area (Å²) in [6.45, 7) is 4.51. The number of hydrogen-bond acceptors (Lipinski definition) is 5. The summed E-state index contributed by atoms with van der Waals surface area (Å²) in [5.74, 6) is 0.178. The van der Waals surface area contributed by atoms with Crippen molar-refractivity contribution in [3.63, 3.8) is 0 Å². The van der Waals surface area contributed by atoms with E-state index in [1.54, 1.807) is 30.8 Å². The van der Waals surface area contributed by atoms with Crippen LogP contribution in [0.25, 0.3) is 0 Å². The van der Waals surface area contributed by atoms with Crippen molar-refractivity contribution in [1.82, 2.24) is 9.78 Å². The lowest BCUT2D eigenvalue weighted by atomic mass is 10.0. The van der Waals surface area contributed by atoms with Crippen molar-refractivity contribution in [2.75, 3.05) is 11.9 Å². The molecular weight excluding hydrogens is 284 g/mol. The van der Waals surface area contributed by atoms with Crippen molar-refractivity contribution in [3.05, 3.63) is 12.3 Å². The number of carbonyl (C=O) groups excluding carboxylic acids is 1. The molecule has 2 atom stereocenters. The second kappa shape index (κ2) is 7.21. The van der Waals surface area contributed by atoms with Crippen LogP contribution in [-0.4, -0.2) is 45.1 Å². The molecule has 2 rings (SSSR count).